The number of benzene rings is 3. The standard InChI is InChI=1S/C33H41ClN2O3/c1-5-6-7-8-22-35-33(37)39-31-20-14-28(15-21-31)32(25(2)26-10-16-29(34)17-11-26)27-12-18-30(19-13-27)38-24-9-23-36(3)4/h10-21H,5-9,22-24H2,1-4H3,(H,35,37)/b32-25+. The highest BCUT2D eigenvalue weighted by Gasteiger charge is 2.13. The molecule has 0 atom stereocenters. The molecule has 0 aliphatic carbocycles. The number of carbonyl (C=O) groups excluding carboxylic acids is 1. The van der Waals surface area contributed by atoms with E-state index >= 15 is 0 Å². The lowest BCUT2D eigenvalue weighted by molar-refractivity contribution is 0.200. The molecule has 0 heterocycles. The molecule has 0 aromatic heterocycles. The number of ether oxygens (including phenoxy) is 2. The van der Waals surface area contributed by atoms with Crippen molar-refractivity contribution in [1.82, 2.24) is 10.2 Å². The van der Waals surface area contributed by atoms with Gasteiger partial charge in [-0.2, -0.15) is 0 Å². The van der Waals surface area contributed by atoms with Crippen LogP contribution >= 0.6 is 11.6 Å². The molecule has 0 saturated carbocycles. The summed E-state index contributed by atoms with van der Waals surface area (Å²) in [6, 6.07) is 23.7. The largest absolute Gasteiger partial charge is 0.494 e. The lowest BCUT2D eigenvalue weighted by Gasteiger charge is -2.16. The highest BCUT2D eigenvalue weighted by atomic mass is 35.5. The van der Waals surface area contributed by atoms with Crippen LogP contribution in [-0.4, -0.2) is 44.8 Å². The van der Waals surface area contributed by atoms with Crippen LogP contribution in [0.25, 0.3) is 11.1 Å². The molecule has 6 heteroatoms. The first-order chi connectivity index (χ1) is 18.9. The van der Waals surface area contributed by atoms with Crippen LogP contribution in [0, 0.1) is 0 Å². The second kappa shape index (κ2) is 16.0. The zero-order valence-electron chi connectivity index (χ0n) is 23.6. The van der Waals surface area contributed by atoms with Crippen molar-refractivity contribution < 1.29 is 14.3 Å². The van der Waals surface area contributed by atoms with Crippen LogP contribution in [0.2, 0.25) is 5.02 Å². The highest BCUT2D eigenvalue weighted by Crippen LogP contribution is 2.34. The number of rotatable bonds is 14. The Morgan fingerprint density at radius 1 is 0.795 bits per heavy atom. The van der Waals surface area contributed by atoms with Gasteiger partial charge in [-0.05, 0) is 98.1 Å². The Morgan fingerprint density at radius 3 is 1.97 bits per heavy atom. The van der Waals surface area contributed by atoms with Gasteiger partial charge in [-0.3, -0.25) is 0 Å². The van der Waals surface area contributed by atoms with Crippen molar-refractivity contribution in [3.63, 3.8) is 0 Å². The van der Waals surface area contributed by atoms with Gasteiger partial charge < -0.3 is 19.7 Å². The molecule has 0 spiro atoms. The quantitative estimate of drug-likeness (QED) is 0.162. The minimum atomic E-state index is -0.423. The van der Waals surface area contributed by atoms with Gasteiger partial charge >= 0.3 is 6.09 Å². The molecule has 1 N–H and O–H groups in total. The van der Waals surface area contributed by atoms with Crippen molar-refractivity contribution >= 4 is 28.8 Å². The van der Waals surface area contributed by atoms with E-state index in [4.69, 9.17) is 21.1 Å². The third-order valence-corrected chi connectivity index (χ3v) is 6.72. The van der Waals surface area contributed by atoms with Gasteiger partial charge in [0.2, 0.25) is 0 Å². The molecule has 3 aromatic rings. The molecular formula is C33H41ClN2O3. The van der Waals surface area contributed by atoms with Gasteiger partial charge in [-0.15, -0.1) is 0 Å². The number of unbranched alkanes of at least 4 members (excludes halogenated alkanes) is 3. The van der Waals surface area contributed by atoms with Crippen molar-refractivity contribution in [2.24, 2.45) is 0 Å². The van der Waals surface area contributed by atoms with Crippen LogP contribution in [-0.2, 0) is 0 Å². The summed E-state index contributed by atoms with van der Waals surface area (Å²) in [6.07, 6.45) is 4.96. The van der Waals surface area contributed by atoms with Gasteiger partial charge in [0.15, 0.2) is 0 Å². The zero-order valence-corrected chi connectivity index (χ0v) is 24.4. The molecular weight excluding hydrogens is 508 g/mol. The molecule has 0 aliphatic heterocycles. The molecule has 0 aliphatic rings. The van der Waals surface area contributed by atoms with Crippen LogP contribution < -0.4 is 14.8 Å². The second-order valence-electron chi connectivity index (χ2n) is 9.94. The van der Waals surface area contributed by atoms with Gasteiger partial charge in [0.1, 0.15) is 11.5 Å². The monoisotopic (exact) mass is 548 g/mol. The molecule has 3 rings (SSSR count). The summed E-state index contributed by atoms with van der Waals surface area (Å²) in [5.41, 5.74) is 5.38. The first-order valence-corrected chi connectivity index (χ1v) is 14.2. The van der Waals surface area contributed by atoms with Crippen LogP contribution in [0.4, 0.5) is 4.79 Å². The maximum Gasteiger partial charge on any atom is 0.412 e. The third-order valence-electron chi connectivity index (χ3n) is 6.47. The number of amides is 1. The summed E-state index contributed by atoms with van der Waals surface area (Å²) >= 11 is 6.15. The molecule has 1 amide bonds. The number of nitrogens with zero attached hydrogens (tertiary/aromatic N) is 1. The van der Waals surface area contributed by atoms with E-state index in [1.807, 2.05) is 60.7 Å². The zero-order chi connectivity index (χ0) is 28.0. The number of carbonyl (C=O) groups is 1. The predicted octanol–water partition coefficient (Wildman–Crippen LogP) is 8.32. The van der Waals surface area contributed by atoms with E-state index in [0.717, 1.165) is 59.4 Å². The molecule has 208 valence electrons. The van der Waals surface area contributed by atoms with Gasteiger partial charge in [-0.1, -0.05) is 74.2 Å². The molecule has 39 heavy (non-hydrogen) atoms. The number of hydrogen-bond acceptors (Lipinski definition) is 4. The molecule has 0 unspecified atom stereocenters. The minimum Gasteiger partial charge on any atom is -0.494 e. The van der Waals surface area contributed by atoms with E-state index in [1.54, 1.807) is 0 Å². The maximum absolute atomic E-state index is 12.2. The Bertz CT molecular complexity index is 1190. The van der Waals surface area contributed by atoms with E-state index in [9.17, 15) is 4.79 Å². The second-order valence-corrected chi connectivity index (χ2v) is 10.4. The van der Waals surface area contributed by atoms with Crippen LogP contribution in [0.5, 0.6) is 11.5 Å². The van der Waals surface area contributed by atoms with Gasteiger partial charge in [0, 0.05) is 18.1 Å². The average molecular weight is 549 g/mol. The van der Waals surface area contributed by atoms with Gasteiger partial charge in [0.05, 0.1) is 6.61 Å². The van der Waals surface area contributed by atoms with Crippen molar-refractivity contribution in [2.75, 3.05) is 33.8 Å². The SMILES string of the molecule is CCCCCCNC(=O)Oc1ccc(/C(=C(\C)c2ccc(Cl)cc2)c2ccc(OCCCN(C)C)cc2)cc1. The number of nitrogens with one attached hydrogen (secondary N) is 1. The van der Waals surface area contributed by atoms with Crippen molar-refractivity contribution in [3.05, 3.63) is 94.5 Å². The Hall–Kier alpha value is -3.28. The molecule has 5 nitrogen and oxygen atoms in total. The lowest BCUT2D eigenvalue weighted by Crippen LogP contribution is -2.27. The summed E-state index contributed by atoms with van der Waals surface area (Å²) in [6.45, 7) is 6.57. The molecule has 0 bridgehead atoms. The van der Waals surface area contributed by atoms with Gasteiger partial charge in [0.25, 0.3) is 0 Å². The Morgan fingerprint density at radius 2 is 1.38 bits per heavy atom. The van der Waals surface area contributed by atoms with Crippen LogP contribution in [0.1, 0.15) is 62.6 Å². The Labute approximate surface area is 238 Å². The fraction of sp³-hybridized carbons (Fsp3) is 0.364. The Balaban J connectivity index is 1.78. The number of halogens is 1. The summed E-state index contributed by atoms with van der Waals surface area (Å²) < 4.78 is 11.4. The van der Waals surface area contributed by atoms with Gasteiger partial charge in [-0.25, -0.2) is 4.79 Å². The fourth-order valence-electron chi connectivity index (χ4n) is 4.31. The smallest absolute Gasteiger partial charge is 0.412 e. The van der Waals surface area contributed by atoms with Crippen LogP contribution in [0.3, 0.4) is 0 Å². The molecule has 0 fully saturated rings. The minimum absolute atomic E-state index is 0.423. The third kappa shape index (κ3) is 10.1. The van der Waals surface area contributed by atoms with E-state index in [1.165, 1.54) is 12.8 Å². The normalized spacial score (nSPS) is 11.7. The summed E-state index contributed by atoms with van der Waals surface area (Å²) in [5, 5.41) is 3.53. The fourth-order valence-corrected chi connectivity index (χ4v) is 4.43. The van der Waals surface area contributed by atoms with Crippen molar-refractivity contribution in [2.45, 2.75) is 46.0 Å². The van der Waals surface area contributed by atoms with Crippen molar-refractivity contribution in [1.29, 1.82) is 0 Å². The van der Waals surface area contributed by atoms with E-state index < -0.39 is 6.09 Å². The summed E-state index contributed by atoms with van der Waals surface area (Å²) in [7, 11) is 4.13. The first kappa shape index (κ1) is 30.3. The van der Waals surface area contributed by atoms with Crippen LogP contribution in [0.15, 0.2) is 72.8 Å². The summed E-state index contributed by atoms with van der Waals surface area (Å²) in [4.78, 5) is 14.4. The van der Waals surface area contributed by atoms with E-state index in [-0.39, 0.29) is 0 Å². The number of allylic oxidation sites excluding steroid dienone is 1. The molecule has 3 aromatic carbocycles. The molecule has 0 saturated heterocycles. The summed E-state index contributed by atoms with van der Waals surface area (Å²) in [5.74, 6) is 1.36. The number of hydrogen-bond donors (Lipinski definition) is 1. The maximum atomic E-state index is 12.2. The molecule has 0 radical (unpaired) electrons. The average Bonchev–Trinajstić information content (AvgIpc) is 2.93. The Kier molecular flexibility index (Phi) is 12.4. The van der Waals surface area contributed by atoms with E-state index in [2.05, 4.69) is 50.3 Å². The lowest BCUT2D eigenvalue weighted by atomic mass is 9.90. The van der Waals surface area contributed by atoms with Crippen molar-refractivity contribution in [3.8, 4) is 11.5 Å². The topological polar surface area (TPSA) is 50.8 Å². The van der Waals surface area contributed by atoms with E-state index in [0.29, 0.717) is 23.9 Å². The predicted molar refractivity (Wildman–Crippen MR) is 163 cm³/mol. The highest BCUT2D eigenvalue weighted by molar-refractivity contribution is 6.30. The first-order valence-electron chi connectivity index (χ1n) is 13.8.